The van der Waals surface area contributed by atoms with E-state index in [1.807, 2.05) is 30.3 Å². The molecule has 0 aliphatic carbocycles. The summed E-state index contributed by atoms with van der Waals surface area (Å²) in [6.07, 6.45) is 0. The fourth-order valence-corrected chi connectivity index (χ4v) is 2.62. The van der Waals surface area contributed by atoms with Gasteiger partial charge < -0.3 is 9.47 Å². The Morgan fingerprint density at radius 3 is 2.71 bits per heavy atom. The van der Waals surface area contributed by atoms with Gasteiger partial charge in [0.05, 0.1) is 25.9 Å². The monoisotopic (exact) mass is 368 g/mol. The average Bonchev–Trinajstić information content (AvgIpc) is 2.49. The highest BCUT2D eigenvalue weighted by Crippen LogP contribution is 2.22. The number of rotatable bonds is 5. The third kappa shape index (κ3) is 4.56. The number of carbonyl (C=O) groups is 1. The molecule has 0 radical (unpaired) electrons. The molecule has 5 heteroatoms. The molecule has 0 aromatic heterocycles. The maximum absolute atomic E-state index is 11.5. The summed E-state index contributed by atoms with van der Waals surface area (Å²) in [4.78, 5) is 11.5. The highest BCUT2D eigenvalue weighted by Gasteiger charge is 2.06. The van der Waals surface area contributed by atoms with Crippen molar-refractivity contribution in [2.45, 2.75) is 13.2 Å². The summed E-state index contributed by atoms with van der Waals surface area (Å²) in [5, 5.41) is 0.677. The molecule has 0 saturated heterocycles. The molecule has 0 heterocycles. The maximum Gasteiger partial charge on any atom is 0.337 e. The van der Waals surface area contributed by atoms with Gasteiger partial charge in [-0.15, -0.1) is 0 Å². The standard InChI is InChI=1S/C16H14BrClO3/c1-20-16(19)12-4-2-3-11(7-12)9-21-10-13-5-6-14(18)8-15(13)17/h2-8H,9-10H2,1H3. The average molecular weight is 370 g/mol. The lowest BCUT2D eigenvalue weighted by atomic mass is 10.1. The molecule has 0 N–H and O–H groups in total. The maximum atomic E-state index is 11.5. The van der Waals surface area contributed by atoms with Crippen molar-refractivity contribution in [3.8, 4) is 0 Å². The molecule has 0 amide bonds. The number of benzene rings is 2. The van der Waals surface area contributed by atoms with Gasteiger partial charge in [-0.3, -0.25) is 0 Å². The van der Waals surface area contributed by atoms with Gasteiger partial charge in [0.1, 0.15) is 0 Å². The van der Waals surface area contributed by atoms with Crippen molar-refractivity contribution in [3.63, 3.8) is 0 Å². The second kappa shape index (κ2) is 7.59. The molecule has 0 unspecified atom stereocenters. The van der Waals surface area contributed by atoms with E-state index in [-0.39, 0.29) is 5.97 Å². The molecular formula is C16H14BrClO3. The Labute approximate surface area is 137 Å². The molecule has 0 aliphatic rings. The highest BCUT2D eigenvalue weighted by atomic mass is 79.9. The van der Waals surface area contributed by atoms with Crippen molar-refractivity contribution in [1.29, 1.82) is 0 Å². The van der Waals surface area contributed by atoms with E-state index < -0.39 is 0 Å². The molecule has 2 rings (SSSR count). The van der Waals surface area contributed by atoms with E-state index in [1.165, 1.54) is 7.11 Å². The van der Waals surface area contributed by atoms with E-state index in [2.05, 4.69) is 15.9 Å². The van der Waals surface area contributed by atoms with Crippen LogP contribution in [0.3, 0.4) is 0 Å². The van der Waals surface area contributed by atoms with E-state index in [1.54, 1.807) is 12.1 Å². The van der Waals surface area contributed by atoms with Crippen LogP contribution in [0, 0.1) is 0 Å². The predicted molar refractivity (Wildman–Crippen MR) is 85.4 cm³/mol. The summed E-state index contributed by atoms with van der Waals surface area (Å²) in [6, 6.07) is 12.8. The van der Waals surface area contributed by atoms with E-state index in [4.69, 9.17) is 21.1 Å². The lowest BCUT2D eigenvalue weighted by Gasteiger charge is -2.08. The lowest BCUT2D eigenvalue weighted by molar-refractivity contribution is 0.0600. The zero-order valence-corrected chi connectivity index (χ0v) is 13.8. The smallest absolute Gasteiger partial charge is 0.337 e. The SMILES string of the molecule is COC(=O)c1cccc(COCc2ccc(Cl)cc2Br)c1. The van der Waals surface area contributed by atoms with Gasteiger partial charge in [0.15, 0.2) is 0 Å². The topological polar surface area (TPSA) is 35.5 Å². The summed E-state index contributed by atoms with van der Waals surface area (Å²) in [5.41, 5.74) is 2.46. The first-order chi connectivity index (χ1) is 10.1. The van der Waals surface area contributed by atoms with Gasteiger partial charge in [-0.05, 0) is 35.4 Å². The predicted octanol–water partition coefficient (Wildman–Crippen LogP) is 4.61. The Hall–Kier alpha value is -1.36. The minimum atomic E-state index is -0.350. The highest BCUT2D eigenvalue weighted by molar-refractivity contribution is 9.10. The molecule has 0 bridgehead atoms. The number of halogens is 2. The van der Waals surface area contributed by atoms with E-state index in [9.17, 15) is 4.79 Å². The van der Waals surface area contributed by atoms with Crippen molar-refractivity contribution >= 4 is 33.5 Å². The van der Waals surface area contributed by atoms with Crippen LogP contribution in [0.15, 0.2) is 46.9 Å². The van der Waals surface area contributed by atoms with Crippen molar-refractivity contribution in [2.75, 3.05) is 7.11 Å². The first-order valence-corrected chi connectivity index (χ1v) is 7.46. The van der Waals surface area contributed by atoms with Gasteiger partial charge in [-0.1, -0.05) is 45.7 Å². The van der Waals surface area contributed by atoms with Gasteiger partial charge in [0, 0.05) is 9.50 Å². The third-order valence-corrected chi connectivity index (χ3v) is 3.86. The number of carbonyl (C=O) groups excluding carboxylic acids is 1. The largest absolute Gasteiger partial charge is 0.465 e. The molecule has 2 aromatic carbocycles. The summed E-state index contributed by atoms with van der Waals surface area (Å²) < 4.78 is 11.3. The van der Waals surface area contributed by atoms with E-state index >= 15 is 0 Å². The Morgan fingerprint density at radius 1 is 1.19 bits per heavy atom. The number of hydrogen-bond acceptors (Lipinski definition) is 3. The fraction of sp³-hybridized carbons (Fsp3) is 0.188. The van der Waals surface area contributed by atoms with Gasteiger partial charge in [0.2, 0.25) is 0 Å². The van der Waals surface area contributed by atoms with Gasteiger partial charge in [-0.25, -0.2) is 4.79 Å². The summed E-state index contributed by atoms with van der Waals surface area (Å²) >= 11 is 9.34. The van der Waals surface area contributed by atoms with Crippen LogP contribution < -0.4 is 0 Å². The molecule has 2 aromatic rings. The van der Waals surface area contributed by atoms with Crippen molar-refractivity contribution in [3.05, 3.63) is 68.7 Å². The molecule has 0 spiro atoms. The van der Waals surface area contributed by atoms with Crippen LogP contribution in [-0.4, -0.2) is 13.1 Å². The zero-order valence-electron chi connectivity index (χ0n) is 11.4. The van der Waals surface area contributed by atoms with Crippen molar-refractivity contribution in [2.24, 2.45) is 0 Å². The van der Waals surface area contributed by atoms with Gasteiger partial charge in [-0.2, -0.15) is 0 Å². The number of ether oxygens (including phenoxy) is 2. The van der Waals surface area contributed by atoms with Crippen LogP contribution in [0.4, 0.5) is 0 Å². The first kappa shape index (κ1) is 16.0. The first-order valence-electron chi connectivity index (χ1n) is 6.29. The number of methoxy groups -OCH3 is 1. The normalized spacial score (nSPS) is 10.4. The van der Waals surface area contributed by atoms with Crippen molar-refractivity contribution < 1.29 is 14.3 Å². The van der Waals surface area contributed by atoms with Crippen LogP contribution in [0.1, 0.15) is 21.5 Å². The third-order valence-electron chi connectivity index (χ3n) is 2.89. The molecule has 3 nitrogen and oxygen atoms in total. The Balaban J connectivity index is 1.95. The molecule has 0 saturated carbocycles. The second-order valence-corrected chi connectivity index (χ2v) is 5.71. The molecule has 21 heavy (non-hydrogen) atoms. The molecule has 0 atom stereocenters. The Bertz CT molecular complexity index is 643. The van der Waals surface area contributed by atoms with Crippen LogP contribution in [0.25, 0.3) is 0 Å². The summed E-state index contributed by atoms with van der Waals surface area (Å²) in [6.45, 7) is 0.875. The van der Waals surface area contributed by atoms with Crippen LogP contribution in [0.5, 0.6) is 0 Å². The van der Waals surface area contributed by atoms with Crippen LogP contribution in [-0.2, 0) is 22.7 Å². The van der Waals surface area contributed by atoms with E-state index in [0.29, 0.717) is 23.8 Å². The Morgan fingerprint density at radius 2 is 2.00 bits per heavy atom. The minimum Gasteiger partial charge on any atom is -0.465 e. The summed E-state index contributed by atoms with van der Waals surface area (Å²) in [7, 11) is 1.36. The minimum absolute atomic E-state index is 0.350. The van der Waals surface area contributed by atoms with Gasteiger partial charge in [0.25, 0.3) is 0 Å². The Kier molecular flexibility index (Phi) is 5.79. The van der Waals surface area contributed by atoms with Crippen LogP contribution >= 0.6 is 27.5 Å². The molecule has 110 valence electrons. The molecule has 0 fully saturated rings. The second-order valence-electron chi connectivity index (χ2n) is 4.42. The fourth-order valence-electron chi connectivity index (χ4n) is 1.82. The van der Waals surface area contributed by atoms with Crippen molar-refractivity contribution in [1.82, 2.24) is 0 Å². The zero-order chi connectivity index (χ0) is 15.2. The van der Waals surface area contributed by atoms with Gasteiger partial charge >= 0.3 is 5.97 Å². The quantitative estimate of drug-likeness (QED) is 0.722. The van der Waals surface area contributed by atoms with Crippen LogP contribution in [0.2, 0.25) is 5.02 Å². The number of esters is 1. The molecule has 0 aliphatic heterocycles. The summed E-state index contributed by atoms with van der Waals surface area (Å²) in [5.74, 6) is -0.350. The van der Waals surface area contributed by atoms with E-state index in [0.717, 1.165) is 15.6 Å². The lowest BCUT2D eigenvalue weighted by Crippen LogP contribution is -2.02. The molecular weight excluding hydrogens is 356 g/mol. The number of hydrogen-bond donors (Lipinski definition) is 0.